The highest BCUT2D eigenvalue weighted by atomic mass is 35.5. The van der Waals surface area contributed by atoms with Gasteiger partial charge in [0.25, 0.3) is 0 Å². The standard InChI is InChI=1S/C16H11ClN2O3/c1-22-16(21)14-15(20)11-6-7-12(19-13(11)8-18-14)9-2-4-10(17)5-3-9/h2-8,20H,1H3. The van der Waals surface area contributed by atoms with Crippen LogP contribution in [0.3, 0.4) is 0 Å². The monoisotopic (exact) mass is 314 g/mol. The zero-order chi connectivity index (χ0) is 15.7. The Morgan fingerprint density at radius 3 is 2.59 bits per heavy atom. The molecule has 2 heterocycles. The van der Waals surface area contributed by atoms with Crippen molar-refractivity contribution in [3.63, 3.8) is 0 Å². The highest BCUT2D eigenvalue weighted by molar-refractivity contribution is 6.30. The molecule has 1 N–H and O–H groups in total. The van der Waals surface area contributed by atoms with Crippen molar-refractivity contribution in [3.05, 3.63) is 53.3 Å². The van der Waals surface area contributed by atoms with Crippen molar-refractivity contribution in [3.8, 4) is 17.0 Å². The third-order valence-electron chi connectivity index (χ3n) is 3.24. The molecule has 0 radical (unpaired) electrons. The van der Waals surface area contributed by atoms with Gasteiger partial charge in [-0.25, -0.2) is 14.8 Å². The predicted molar refractivity (Wildman–Crippen MR) is 83.0 cm³/mol. The van der Waals surface area contributed by atoms with Crippen LogP contribution in [0.4, 0.5) is 0 Å². The predicted octanol–water partition coefficient (Wildman–Crippen LogP) is 3.44. The van der Waals surface area contributed by atoms with E-state index in [0.717, 1.165) is 11.3 Å². The minimum atomic E-state index is -0.693. The van der Waals surface area contributed by atoms with Crippen molar-refractivity contribution in [2.45, 2.75) is 0 Å². The van der Waals surface area contributed by atoms with E-state index in [1.54, 1.807) is 24.3 Å². The number of fused-ring (bicyclic) bond motifs is 1. The quantitative estimate of drug-likeness (QED) is 0.733. The number of carbonyl (C=O) groups is 1. The van der Waals surface area contributed by atoms with Crippen LogP contribution in [-0.2, 0) is 4.74 Å². The fourth-order valence-corrected chi connectivity index (χ4v) is 2.24. The lowest BCUT2D eigenvalue weighted by Gasteiger charge is -2.07. The number of nitrogens with zero attached hydrogens (tertiary/aromatic N) is 2. The van der Waals surface area contributed by atoms with Crippen LogP contribution >= 0.6 is 11.6 Å². The number of hydrogen-bond donors (Lipinski definition) is 1. The van der Waals surface area contributed by atoms with E-state index in [4.69, 9.17) is 11.6 Å². The molecule has 3 aromatic rings. The van der Waals surface area contributed by atoms with E-state index in [1.807, 2.05) is 12.1 Å². The molecule has 1 aromatic carbocycles. The number of halogens is 1. The van der Waals surface area contributed by atoms with Crippen LogP contribution in [0.25, 0.3) is 22.2 Å². The van der Waals surface area contributed by atoms with Gasteiger partial charge in [-0.1, -0.05) is 23.7 Å². The Morgan fingerprint density at radius 2 is 1.91 bits per heavy atom. The number of aromatic nitrogens is 2. The first-order valence-corrected chi connectivity index (χ1v) is 6.81. The number of pyridine rings is 2. The third-order valence-corrected chi connectivity index (χ3v) is 3.49. The summed E-state index contributed by atoms with van der Waals surface area (Å²) in [5.74, 6) is -0.930. The van der Waals surface area contributed by atoms with Gasteiger partial charge in [-0.2, -0.15) is 0 Å². The summed E-state index contributed by atoms with van der Waals surface area (Å²) in [6.07, 6.45) is 1.43. The Hall–Kier alpha value is -2.66. The Balaban J connectivity index is 2.12. The largest absolute Gasteiger partial charge is 0.505 e. The van der Waals surface area contributed by atoms with Gasteiger partial charge in [-0.3, -0.25) is 0 Å². The Bertz CT molecular complexity index is 863. The normalized spacial score (nSPS) is 10.6. The summed E-state index contributed by atoms with van der Waals surface area (Å²) < 4.78 is 4.58. The number of methoxy groups -OCH3 is 1. The molecule has 5 nitrogen and oxygen atoms in total. The minimum absolute atomic E-state index is 0.129. The topological polar surface area (TPSA) is 72.3 Å². The molecule has 0 aliphatic rings. The van der Waals surface area contributed by atoms with Crippen molar-refractivity contribution in [2.75, 3.05) is 7.11 Å². The van der Waals surface area contributed by atoms with Crippen LogP contribution in [-0.4, -0.2) is 28.2 Å². The van der Waals surface area contributed by atoms with Crippen LogP contribution in [0.15, 0.2) is 42.6 Å². The van der Waals surface area contributed by atoms with Crippen LogP contribution in [0.5, 0.6) is 5.75 Å². The van der Waals surface area contributed by atoms with E-state index in [-0.39, 0.29) is 11.4 Å². The molecule has 0 unspecified atom stereocenters. The highest BCUT2D eigenvalue weighted by Gasteiger charge is 2.17. The lowest BCUT2D eigenvalue weighted by molar-refractivity contribution is 0.0591. The molecule has 0 amide bonds. The van der Waals surface area contributed by atoms with Crippen LogP contribution in [0.1, 0.15) is 10.5 Å². The molecule has 0 spiro atoms. The second kappa shape index (κ2) is 5.61. The summed E-state index contributed by atoms with van der Waals surface area (Å²) in [6, 6.07) is 10.7. The molecule has 3 rings (SSSR count). The molecule has 0 aliphatic heterocycles. The first-order valence-electron chi connectivity index (χ1n) is 6.43. The zero-order valence-corrected chi connectivity index (χ0v) is 12.3. The molecule has 0 saturated heterocycles. The van der Waals surface area contributed by atoms with Gasteiger partial charge in [-0.15, -0.1) is 0 Å². The molecule has 2 aromatic heterocycles. The maximum absolute atomic E-state index is 11.5. The van der Waals surface area contributed by atoms with Gasteiger partial charge in [0.15, 0.2) is 11.4 Å². The first-order chi connectivity index (χ1) is 10.6. The van der Waals surface area contributed by atoms with Crippen LogP contribution < -0.4 is 0 Å². The van der Waals surface area contributed by atoms with Gasteiger partial charge >= 0.3 is 5.97 Å². The van der Waals surface area contributed by atoms with E-state index >= 15 is 0 Å². The fourth-order valence-electron chi connectivity index (χ4n) is 2.12. The summed E-state index contributed by atoms with van der Waals surface area (Å²) in [5, 5.41) is 11.2. The molecule has 22 heavy (non-hydrogen) atoms. The molecular weight excluding hydrogens is 304 g/mol. The van der Waals surface area contributed by atoms with E-state index in [1.165, 1.54) is 13.3 Å². The number of hydrogen-bond acceptors (Lipinski definition) is 5. The van der Waals surface area contributed by atoms with Gasteiger partial charge < -0.3 is 9.84 Å². The molecule has 0 atom stereocenters. The second-order valence-corrected chi connectivity index (χ2v) is 5.02. The maximum atomic E-state index is 11.5. The molecule has 0 saturated carbocycles. The number of benzene rings is 1. The number of carbonyl (C=O) groups excluding carboxylic acids is 1. The zero-order valence-electron chi connectivity index (χ0n) is 11.6. The van der Waals surface area contributed by atoms with E-state index in [0.29, 0.717) is 15.9 Å². The number of esters is 1. The van der Waals surface area contributed by atoms with Gasteiger partial charge in [-0.05, 0) is 24.3 Å². The maximum Gasteiger partial charge on any atom is 0.360 e. The average Bonchev–Trinajstić information content (AvgIpc) is 2.55. The molecule has 0 bridgehead atoms. The van der Waals surface area contributed by atoms with Gasteiger partial charge in [0.05, 0.1) is 24.5 Å². The van der Waals surface area contributed by atoms with Crippen molar-refractivity contribution in [2.24, 2.45) is 0 Å². The van der Waals surface area contributed by atoms with E-state index in [9.17, 15) is 9.90 Å². The summed E-state index contributed by atoms with van der Waals surface area (Å²) in [6.45, 7) is 0. The summed E-state index contributed by atoms with van der Waals surface area (Å²) in [4.78, 5) is 19.9. The SMILES string of the molecule is COC(=O)c1ncc2nc(-c3ccc(Cl)cc3)ccc2c1O. The minimum Gasteiger partial charge on any atom is -0.505 e. The molecular formula is C16H11ClN2O3. The highest BCUT2D eigenvalue weighted by Crippen LogP contribution is 2.29. The number of aromatic hydroxyl groups is 1. The summed E-state index contributed by atoms with van der Waals surface area (Å²) in [7, 11) is 1.23. The lowest BCUT2D eigenvalue weighted by atomic mass is 10.1. The lowest BCUT2D eigenvalue weighted by Crippen LogP contribution is -2.05. The summed E-state index contributed by atoms with van der Waals surface area (Å²) in [5.41, 5.74) is 1.97. The number of ether oxygens (including phenoxy) is 1. The number of rotatable bonds is 2. The molecule has 6 heteroatoms. The average molecular weight is 315 g/mol. The molecule has 0 aliphatic carbocycles. The second-order valence-electron chi connectivity index (χ2n) is 4.58. The Kier molecular flexibility index (Phi) is 3.65. The van der Waals surface area contributed by atoms with Gasteiger partial charge in [0.1, 0.15) is 0 Å². The van der Waals surface area contributed by atoms with Crippen molar-refractivity contribution >= 4 is 28.5 Å². The molecule has 110 valence electrons. The first kappa shape index (κ1) is 14.3. The summed E-state index contributed by atoms with van der Waals surface area (Å²) >= 11 is 5.87. The molecule has 0 fully saturated rings. The van der Waals surface area contributed by atoms with Gasteiger partial charge in [0.2, 0.25) is 0 Å². The van der Waals surface area contributed by atoms with E-state index in [2.05, 4.69) is 14.7 Å². The Morgan fingerprint density at radius 1 is 1.18 bits per heavy atom. The van der Waals surface area contributed by atoms with Crippen LogP contribution in [0.2, 0.25) is 5.02 Å². The van der Waals surface area contributed by atoms with Crippen LogP contribution in [0, 0.1) is 0 Å². The van der Waals surface area contributed by atoms with Crippen molar-refractivity contribution in [1.82, 2.24) is 9.97 Å². The van der Waals surface area contributed by atoms with E-state index < -0.39 is 5.97 Å². The van der Waals surface area contributed by atoms with Crippen molar-refractivity contribution in [1.29, 1.82) is 0 Å². The van der Waals surface area contributed by atoms with Crippen molar-refractivity contribution < 1.29 is 14.6 Å². The van der Waals surface area contributed by atoms with Gasteiger partial charge in [0, 0.05) is 16.0 Å². The Labute approximate surface area is 131 Å². The third kappa shape index (κ3) is 2.46. The smallest absolute Gasteiger partial charge is 0.360 e. The fraction of sp³-hybridized carbons (Fsp3) is 0.0625.